The normalized spacial score (nSPS) is 15.8. The Morgan fingerprint density at radius 2 is 1.09 bits per heavy atom. The third kappa shape index (κ3) is 10.6. The minimum Gasteiger partial charge on any atom is -0.493 e. The van der Waals surface area contributed by atoms with Gasteiger partial charge in [0.15, 0.2) is 34.4 Å². The van der Waals surface area contributed by atoms with Crippen molar-refractivity contribution in [1.82, 2.24) is 20.2 Å². The molecule has 2 saturated carbocycles. The molecule has 2 amide bonds. The zero-order valence-electron chi connectivity index (χ0n) is 42.5. The molecule has 2 aliphatic carbocycles. The van der Waals surface area contributed by atoms with Gasteiger partial charge in [-0.25, -0.2) is 14.8 Å². The zero-order chi connectivity index (χ0) is 53.5. The highest BCUT2D eigenvalue weighted by atomic mass is 16.7. The molecular weight excluding hydrogens is 953 g/mol. The van der Waals surface area contributed by atoms with Gasteiger partial charge in [-0.3, -0.25) is 24.0 Å². The van der Waals surface area contributed by atoms with Crippen LogP contribution < -0.4 is 24.3 Å². The van der Waals surface area contributed by atoms with Crippen molar-refractivity contribution < 1.29 is 67.4 Å². The zero-order valence-corrected chi connectivity index (χ0v) is 42.5. The van der Waals surface area contributed by atoms with Crippen molar-refractivity contribution in [1.29, 1.82) is 0 Å². The molecule has 0 saturated heterocycles. The Morgan fingerprint density at radius 1 is 0.649 bits per heavy atom. The number of esters is 2. The number of aliphatic carboxylic acids is 2. The molecule has 8 rings (SSSR count). The fourth-order valence-corrected chi connectivity index (χ4v) is 10.1. The van der Waals surface area contributed by atoms with E-state index in [2.05, 4.69) is 68.6 Å². The number of ether oxygens (including phenoxy) is 6. The number of nitrogens with one attached hydrogen (secondary N) is 1. The average molecular weight is 1010 g/mol. The van der Waals surface area contributed by atoms with E-state index in [1.165, 1.54) is 53.5 Å². The minimum absolute atomic E-state index is 0.0287. The topological polar surface area (TPSA) is 239 Å². The van der Waals surface area contributed by atoms with Crippen LogP contribution in [0.5, 0.6) is 23.0 Å². The Kier molecular flexibility index (Phi) is 16.1. The maximum Gasteiger partial charge on any atom is 0.329 e. The molecule has 6 aromatic rings. The Bertz CT molecular complexity index is 3090. The fourth-order valence-electron chi connectivity index (χ4n) is 10.1. The highest BCUT2D eigenvalue weighted by Crippen LogP contribution is 2.61. The van der Waals surface area contributed by atoms with E-state index in [4.69, 9.17) is 28.8 Å². The van der Waals surface area contributed by atoms with Crippen LogP contribution in [-0.2, 0) is 39.5 Å². The maximum atomic E-state index is 15.5. The monoisotopic (exact) mass is 1010 g/mol. The number of rotatable bonds is 20. The van der Waals surface area contributed by atoms with E-state index in [1.54, 1.807) is 17.9 Å². The molecule has 0 aliphatic heterocycles. The van der Waals surface area contributed by atoms with Gasteiger partial charge in [0, 0.05) is 55.2 Å². The van der Waals surface area contributed by atoms with Crippen molar-refractivity contribution in [2.45, 2.75) is 95.7 Å². The average Bonchev–Trinajstić information content (AvgIpc) is 4.35. The lowest BCUT2D eigenvalue weighted by atomic mass is 9.69. The number of hydrogen-bond acceptors (Lipinski definition) is 14. The van der Waals surface area contributed by atoms with Gasteiger partial charge in [0.1, 0.15) is 11.6 Å². The molecular formula is C56H60N4O14. The van der Waals surface area contributed by atoms with E-state index in [9.17, 15) is 29.1 Å². The fraction of sp³-hybridized carbons (Fsp3) is 0.357. The summed E-state index contributed by atoms with van der Waals surface area (Å²) in [4.78, 5) is 84.7. The minimum atomic E-state index is -1.72. The number of methoxy groups -OCH3 is 2. The van der Waals surface area contributed by atoms with Crippen LogP contribution in [0.15, 0.2) is 109 Å². The third-order valence-electron chi connectivity index (χ3n) is 14.5. The second kappa shape index (κ2) is 22.2. The number of fused-ring (bicyclic) bond motifs is 2. The second-order valence-electron chi connectivity index (χ2n) is 18.6. The quantitative estimate of drug-likeness (QED) is 0.0482. The predicted molar refractivity (Wildman–Crippen MR) is 271 cm³/mol. The highest BCUT2D eigenvalue weighted by Gasteiger charge is 2.64. The molecule has 0 radical (unpaired) electrons. The van der Waals surface area contributed by atoms with Crippen LogP contribution in [-0.4, -0.2) is 106 Å². The Labute approximate surface area is 427 Å². The van der Waals surface area contributed by atoms with Crippen LogP contribution in [0.25, 0.3) is 21.5 Å². The molecule has 0 unspecified atom stereocenters. The summed E-state index contributed by atoms with van der Waals surface area (Å²) in [6.07, 6.45) is 5.84. The van der Waals surface area contributed by atoms with Gasteiger partial charge in [-0.15, -0.1) is 0 Å². The largest absolute Gasteiger partial charge is 0.493 e. The highest BCUT2D eigenvalue weighted by molar-refractivity contribution is 6.00. The third-order valence-corrected chi connectivity index (χ3v) is 14.5. The van der Waals surface area contributed by atoms with Crippen molar-refractivity contribution in [3.63, 3.8) is 0 Å². The maximum absolute atomic E-state index is 15.5. The van der Waals surface area contributed by atoms with Gasteiger partial charge in [0.05, 0.1) is 14.2 Å². The molecule has 2 aromatic heterocycles. The first-order valence-corrected chi connectivity index (χ1v) is 24.0. The number of pyridine rings is 2. The number of carboxylic acids is 2. The van der Waals surface area contributed by atoms with Crippen LogP contribution in [0.2, 0.25) is 0 Å². The number of benzene rings is 4. The second-order valence-corrected chi connectivity index (χ2v) is 18.6. The number of hydrogen-bond donors (Lipinski definition) is 3. The number of carboxylic acid groups (broad SMARTS) is 2. The number of nitrogens with zero attached hydrogens (tertiary/aromatic N) is 3. The molecule has 2 heterocycles. The van der Waals surface area contributed by atoms with Crippen molar-refractivity contribution in [2.24, 2.45) is 5.92 Å². The molecule has 18 nitrogen and oxygen atoms in total. The van der Waals surface area contributed by atoms with Gasteiger partial charge in [-0.2, -0.15) is 0 Å². The molecule has 4 aromatic carbocycles. The first-order valence-electron chi connectivity index (χ1n) is 24.0. The lowest BCUT2D eigenvalue weighted by Gasteiger charge is -2.50. The summed E-state index contributed by atoms with van der Waals surface area (Å²) in [5, 5.41) is 26.9. The van der Waals surface area contributed by atoms with Crippen molar-refractivity contribution >= 4 is 57.2 Å². The SMILES string of the molecule is COc1ccnc(C(=O)N([C@@H](C)C2(c3cccc4ccccc34)CC2)[C@@](C)(C(=O)O)[C@@H](C)C2(c3cccc4ccccc34)CC2)c1OCOC(C)=O.COc1ccnc(C(=O)N[C@@H](C)C(=O)O)c1OCOC(C)=O. The Hall–Kier alpha value is -8.28. The summed E-state index contributed by atoms with van der Waals surface area (Å²) in [6, 6.07) is 30.0. The molecule has 0 bridgehead atoms. The van der Waals surface area contributed by atoms with Crippen molar-refractivity contribution in [2.75, 3.05) is 27.8 Å². The molecule has 4 atom stereocenters. The Morgan fingerprint density at radius 3 is 1.54 bits per heavy atom. The van der Waals surface area contributed by atoms with E-state index in [0.29, 0.717) is 0 Å². The van der Waals surface area contributed by atoms with Crippen LogP contribution >= 0.6 is 0 Å². The predicted octanol–water partition coefficient (Wildman–Crippen LogP) is 8.26. The summed E-state index contributed by atoms with van der Waals surface area (Å²) < 4.78 is 31.4. The van der Waals surface area contributed by atoms with Gasteiger partial charge >= 0.3 is 23.9 Å². The summed E-state index contributed by atoms with van der Waals surface area (Å²) in [5.41, 5.74) is -0.884. The van der Waals surface area contributed by atoms with Crippen LogP contribution in [0, 0.1) is 5.92 Å². The first kappa shape index (κ1) is 53.5. The van der Waals surface area contributed by atoms with E-state index < -0.39 is 83.6 Å². The summed E-state index contributed by atoms with van der Waals surface area (Å²) in [5.74, 6) is -5.02. The van der Waals surface area contributed by atoms with Gasteiger partial charge in [0.25, 0.3) is 11.8 Å². The van der Waals surface area contributed by atoms with E-state index in [1.807, 2.05) is 50.2 Å². The summed E-state index contributed by atoms with van der Waals surface area (Å²) in [6.45, 7) is 8.48. The number of carbonyl (C=O) groups excluding carboxylic acids is 4. The van der Waals surface area contributed by atoms with Gasteiger partial charge in [0.2, 0.25) is 13.6 Å². The van der Waals surface area contributed by atoms with Crippen molar-refractivity contribution in [3.05, 3.63) is 132 Å². The van der Waals surface area contributed by atoms with E-state index >= 15 is 4.79 Å². The number of aromatic nitrogens is 2. The Balaban J connectivity index is 0.000000306. The summed E-state index contributed by atoms with van der Waals surface area (Å²) in [7, 11) is 2.79. The molecule has 2 aliphatic rings. The van der Waals surface area contributed by atoms with Crippen LogP contribution in [0.3, 0.4) is 0 Å². The molecule has 388 valence electrons. The lowest BCUT2D eigenvalue weighted by Crippen LogP contribution is -2.65. The molecule has 18 heteroatoms. The van der Waals surface area contributed by atoms with E-state index in [0.717, 1.165) is 58.4 Å². The lowest BCUT2D eigenvalue weighted by molar-refractivity contribution is -0.155. The molecule has 0 spiro atoms. The number of carbonyl (C=O) groups is 6. The number of amides is 2. The van der Waals surface area contributed by atoms with Crippen LogP contribution in [0.4, 0.5) is 0 Å². The van der Waals surface area contributed by atoms with Crippen LogP contribution in [0.1, 0.15) is 99.3 Å². The van der Waals surface area contributed by atoms with Gasteiger partial charge in [-0.05, 0) is 85.0 Å². The van der Waals surface area contributed by atoms with E-state index in [-0.39, 0.29) is 34.4 Å². The smallest absolute Gasteiger partial charge is 0.329 e. The standard InChI is InChI=1S/C43H44N2O7.C13H16N2O7/c1-27(42(21-22-42)34-18-10-14-30-12-6-8-16-32(30)34)41(4,40(48)49)45(39(47)37-38(52-26-51-29(3)46)36(50-5)20-25-44-37)28(2)43(23-24-43)35-19-11-15-31-13-7-9-17-33(31)35;1-7(13(18)19)15-12(17)10-11(22-6-21-8(2)16)9(20-3)4-5-14-10/h6-20,25,27-28H,21-24,26H2,1-5H3,(H,48,49);4-5,7H,6H2,1-3H3,(H,15,17)(H,18,19)/t27-,28+,41-;7-/m10/s1. The molecule has 3 N–H and O–H groups in total. The molecule has 2 fully saturated rings. The van der Waals surface area contributed by atoms with Crippen molar-refractivity contribution in [3.8, 4) is 23.0 Å². The molecule has 74 heavy (non-hydrogen) atoms. The van der Waals surface area contributed by atoms with Gasteiger partial charge in [-0.1, -0.05) is 91.9 Å². The summed E-state index contributed by atoms with van der Waals surface area (Å²) >= 11 is 0. The van der Waals surface area contributed by atoms with Gasteiger partial charge < -0.3 is 48.9 Å². The first-order chi connectivity index (χ1) is 35.4.